The van der Waals surface area contributed by atoms with E-state index in [2.05, 4.69) is 11.7 Å². The van der Waals surface area contributed by atoms with Crippen molar-refractivity contribution in [2.24, 2.45) is 5.41 Å². The van der Waals surface area contributed by atoms with E-state index in [1.54, 1.807) is 19.1 Å². The summed E-state index contributed by atoms with van der Waals surface area (Å²) in [7, 11) is 1.33. The minimum absolute atomic E-state index is 0.130. The first-order valence-electron chi connectivity index (χ1n) is 8.50. The van der Waals surface area contributed by atoms with E-state index >= 15 is 0 Å². The molecule has 4 nitrogen and oxygen atoms in total. The van der Waals surface area contributed by atoms with Gasteiger partial charge in [0.25, 0.3) is 0 Å². The zero-order chi connectivity index (χ0) is 18.5. The molecule has 1 aliphatic carbocycles. The SMILES string of the molecule is CCCCC1=C(C)[C@](O)(C=CC(C)=CC(=O)OC)C(C)(C)CC1=O. The molecule has 134 valence electrons. The summed E-state index contributed by atoms with van der Waals surface area (Å²) in [6.45, 7) is 9.49. The van der Waals surface area contributed by atoms with Crippen LogP contribution in [0.1, 0.15) is 60.3 Å². The minimum atomic E-state index is -1.21. The molecule has 0 unspecified atom stereocenters. The number of ether oxygens (including phenoxy) is 1. The van der Waals surface area contributed by atoms with Gasteiger partial charge in [-0.15, -0.1) is 0 Å². The summed E-state index contributed by atoms with van der Waals surface area (Å²) in [5.74, 6) is -0.302. The van der Waals surface area contributed by atoms with Gasteiger partial charge in [0, 0.05) is 17.9 Å². The lowest BCUT2D eigenvalue weighted by Crippen LogP contribution is -2.49. The van der Waals surface area contributed by atoms with E-state index in [4.69, 9.17) is 0 Å². The van der Waals surface area contributed by atoms with Crippen LogP contribution in [0, 0.1) is 5.41 Å². The fourth-order valence-corrected chi connectivity index (χ4v) is 3.17. The zero-order valence-electron chi connectivity index (χ0n) is 15.7. The summed E-state index contributed by atoms with van der Waals surface area (Å²) >= 11 is 0. The Morgan fingerprint density at radius 1 is 1.38 bits per heavy atom. The Balaban J connectivity index is 3.27. The third-order valence-electron chi connectivity index (χ3n) is 4.91. The van der Waals surface area contributed by atoms with E-state index in [1.165, 1.54) is 13.2 Å². The van der Waals surface area contributed by atoms with Crippen LogP contribution in [0.15, 0.2) is 34.9 Å². The average Bonchev–Trinajstić information content (AvgIpc) is 2.50. The van der Waals surface area contributed by atoms with Crippen molar-refractivity contribution in [2.45, 2.75) is 65.9 Å². The van der Waals surface area contributed by atoms with Crippen molar-refractivity contribution in [3.05, 3.63) is 34.9 Å². The molecule has 0 radical (unpaired) electrons. The number of ketones is 1. The number of hydrogen-bond donors (Lipinski definition) is 1. The number of methoxy groups -OCH3 is 1. The lowest BCUT2D eigenvalue weighted by Gasteiger charge is -2.46. The predicted molar refractivity (Wildman–Crippen MR) is 95.5 cm³/mol. The van der Waals surface area contributed by atoms with Crippen LogP contribution in [0.4, 0.5) is 0 Å². The van der Waals surface area contributed by atoms with Crippen LogP contribution < -0.4 is 0 Å². The Morgan fingerprint density at radius 3 is 2.54 bits per heavy atom. The van der Waals surface area contributed by atoms with E-state index in [0.29, 0.717) is 18.4 Å². The maximum Gasteiger partial charge on any atom is 0.330 e. The van der Waals surface area contributed by atoms with Crippen molar-refractivity contribution in [1.29, 1.82) is 0 Å². The molecule has 1 N–H and O–H groups in total. The van der Waals surface area contributed by atoms with Crippen molar-refractivity contribution in [3.63, 3.8) is 0 Å². The standard InChI is InChI=1S/C20H30O4/c1-7-8-9-16-15(3)20(23,19(4,5)13-17(16)21)11-10-14(2)12-18(22)24-6/h10-12,23H,7-9,13H2,1-6H3/t20-/m1/s1. The average molecular weight is 334 g/mol. The summed E-state index contributed by atoms with van der Waals surface area (Å²) in [5.41, 5.74) is 0.337. The molecule has 4 heteroatoms. The molecule has 0 aromatic heterocycles. The molecule has 0 saturated heterocycles. The summed E-state index contributed by atoms with van der Waals surface area (Å²) < 4.78 is 4.61. The van der Waals surface area contributed by atoms with Gasteiger partial charge in [0.1, 0.15) is 5.60 Å². The highest BCUT2D eigenvalue weighted by molar-refractivity contribution is 5.98. The topological polar surface area (TPSA) is 63.6 Å². The number of aliphatic hydroxyl groups is 1. The third kappa shape index (κ3) is 4.23. The highest BCUT2D eigenvalue weighted by Crippen LogP contribution is 2.47. The lowest BCUT2D eigenvalue weighted by molar-refractivity contribution is -0.134. The maximum absolute atomic E-state index is 12.5. The normalized spacial score (nSPS) is 24.6. The summed E-state index contributed by atoms with van der Waals surface area (Å²) in [5, 5.41) is 11.4. The van der Waals surface area contributed by atoms with Crippen LogP contribution in [0.3, 0.4) is 0 Å². The second kappa shape index (κ2) is 7.93. The molecule has 1 aliphatic rings. The number of carbonyl (C=O) groups is 2. The van der Waals surface area contributed by atoms with Crippen LogP contribution in [0.5, 0.6) is 0 Å². The van der Waals surface area contributed by atoms with Crippen molar-refractivity contribution in [1.82, 2.24) is 0 Å². The highest BCUT2D eigenvalue weighted by Gasteiger charge is 2.49. The Hall–Kier alpha value is -1.68. The predicted octanol–water partition coefficient (Wildman–Crippen LogP) is 3.90. The number of carbonyl (C=O) groups excluding carboxylic acids is 2. The summed E-state index contributed by atoms with van der Waals surface area (Å²) in [4.78, 5) is 23.8. The Bertz CT molecular complexity index is 593. The van der Waals surface area contributed by atoms with Gasteiger partial charge in [-0.3, -0.25) is 4.79 Å². The molecular weight excluding hydrogens is 304 g/mol. The molecule has 0 aliphatic heterocycles. The largest absolute Gasteiger partial charge is 0.466 e. The molecule has 0 aromatic carbocycles. The number of esters is 1. The van der Waals surface area contributed by atoms with Gasteiger partial charge in [-0.25, -0.2) is 4.79 Å². The Labute approximate surface area is 145 Å². The number of rotatable bonds is 6. The molecule has 0 bridgehead atoms. The first kappa shape index (κ1) is 20.4. The van der Waals surface area contributed by atoms with Gasteiger partial charge in [0.05, 0.1) is 7.11 Å². The van der Waals surface area contributed by atoms with Crippen molar-refractivity contribution in [3.8, 4) is 0 Å². The van der Waals surface area contributed by atoms with Crippen LogP contribution in [0.2, 0.25) is 0 Å². The third-order valence-corrected chi connectivity index (χ3v) is 4.91. The van der Waals surface area contributed by atoms with Gasteiger partial charge in [0.2, 0.25) is 0 Å². The second-order valence-corrected chi connectivity index (χ2v) is 7.20. The lowest BCUT2D eigenvalue weighted by atomic mass is 9.62. The van der Waals surface area contributed by atoms with Gasteiger partial charge >= 0.3 is 5.97 Å². The number of allylic oxidation sites excluding steroid dienone is 3. The van der Waals surface area contributed by atoms with Gasteiger partial charge in [0.15, 0.2) is 5.78 Å². The second-order valence-electron chi connectivity index (χ2n) is 7.20. The molecule has 1 rings (SSSR count). The minimum Gasteiger partial charge on any atom is -0.466 e. The first-order valence-corrected chi connectivity index (χ1v) is 8.50. The number of hydrogen-bond acceptors (Lipinski definition) is 4. The van der Waals surface area contributed by atoms with Crippen molar-refractivity contribution in [2.75, 3.05) is 7.11 Å². The number of Topliss-reactive ketones (excluding diaryl/α,β-unsaturated/α-hetero) is 1. The molecule has 24 heavy (non-hydrogen) atoms. The summed E-state index contributed by atoms with van der Waals surface area (Å²) in [6, 6.07) is 0. The molecule has 0 aromatic rings. The van der Waals surface area contributed by atoms with E-state index in [9.17, 15) is 14.7 Å². The molecule has 1 atom stereocenters. The smallest absolute Gasteiger partial charge is 0.330 e. The maximum atomic E-state index is 12.5. The first-order chi connectivity index (χ1) is 11.1. The van der Waals surface area contributed by atoms with E-state index in [0.717, 1.165) is 24.0 Å². The van der Waals surface area contributed by atoms with Crippen LogP contribution in [0.25, 0.3) is 0 Å². The quantitative estimate of drug-likeness (QED) is 0.454. The van der Waals surface area contributed by atoms with Crippen molar-refractivity contribution < 1.29 is 19.4 Å². The molecule has 0 saturated carbocycles. The monoisotopic (exact) mass is 334 g/mol. The van der Waals surface area contributed by atoms with Crippen LogP contribution in [-0.4, -0.2) is 29.6 Å². The number of unbranched alkanes of at least 4 members (excludes halogenated alkanes) is 1. The van der Waals surface area contributed by atoms with Crippen molar-refractivity contribution >= 4 is 11.8 Å². The van der Waals surface area contributed by atoms with Gasteiger partial charge in [-0.2, -0.15) is 0 Å². The van der Waals surface area contributed by atoms with Crippen LogP contribution in [-0.2, 0) is 14.3 Å². The van der Waals surface area contributed by atoms with E-state index in [-0.39, 0.29) is 5.78 Å². The molecule has 0 amide bonds. The Morgan fingerprint density at radius 2 is 2.00 bits per heavy atom. The fraction of sp³-hybridized carbons (Fsp3) is 0.600. The van der Waals surface area contributed by atoms with Gasteiger partial charge in [-0.1, -0.05) is 33.3 Å². The zero-order valence-corrected chi connectivity index (χ0v) is 15.7. The van der Waals surface area contributed by atoms with Gasteiger partial charge < -0.3 is 9.84 Å². The van der Waals surface area contributed by atoms with Gasteiger partial charge in [-0.05, 0) is 49.5 Å². The molecular formula is C20H30O4. The molecule has 0 spiro atoms. The fourth-order valence-electron chi connectivity index (χ4n) is 3.17. The highest BCUT2D eigenvalue weighted by atomic mass is 16.5. The van der Waals surface area contributed by atoms with Crippen LogP contribution >= 0.6 is 0 Å². The summed E-state index contributed by atoms with van der Waals surface area (Å²) in [6.07, 6.45) is 7.74. The Kier molecular flexibility index (Phi) is 6.73. The molecule has 0 fully saturated rings. The van der Waals surface area contributed by atoms with E-state index in [1.807, 2.05) is 20.8 Å². The van der Waals surface area contributed by atoms with E-state index < -0.39 is 17.0 Å². The molecule has 0 heterocycles.